The predicted molar refractivity (Wildman–Crippen MR) is 42.5 cm³/mol. The summed E-state index contributed by atoms with van der Waals surface area (Å²) in [6, 6.07) is 0. The second-order valence-corrected chi connectivity index (χ2v) is 3.70. The molecule has 0 heterocycles. The van der Waals surface area contributed by atoms with Crippen molar-refractivity contribution in [1.29, 1.82) is 0 Å². The number of esters is 1. The van der Waals surface area contributed by atoms with E-state index in [0.29, 0.717) is 0 Å². The minimum atomic E-state index is -4.99. The van der Waals surface area contributed by atoms with Gasteiger partial charge in [-0.15, -0.1) is 0 Å². The summed E-state index contributed by atoms with van der Waals surface area (Å²) in [6.07, 6.45) is -5.86. The fourth-order valence-electron chi connectivity index (χ4n) is 1.06. The summed E-state index contributed by atoms with van der Waals surface area (Å²) < 4.78 is 39.5. The van der Waals surface area contributed by atoms with Crippen LogP contribution in [0.15, 0.2) is 0 Å². The Bertz CT molecular complexity index is 208. The van der Waals surface area contributed by atoms with Crippen molar-refractivity contribution in [3.63, 3.8) is 0 Å². The van der Waals surface area contributed by atoms with E-state index in [2.05, 4.69) is 4.74 Å². The maximum absolute atomic E-state index is 11.8. The maximum Gasteiger partial charge on any atom is 0.490 e. The van der Waals surface area contributed by atoms with Gasteiger partial charge in [-0.2, -0.15) is 13.2 Å². The van der Waals surface area contributed by atoms with Gasteiger partial charge in [0.05, 0.1) is 6.10 Å². The monoisotopic (exact) mass is 214 g/mol. The fraction of sp³-hybridized carbons (Fsp3) is 0.875. The van der Waals surface area contributed by atoms with E-state index >= 15 is 0 Å². The molecule has 0 aromatic carbocycles. The number of halogens is 3. The first kappa shape index (κ1) is 13.2. The van der Waals surface area contributed by atoms with Crippen molar-refractivity contribution in [3.05, 3.63) is 0 Å². The number of hydrogen-bond acceptors (Lipinski definition) is 3. The molecule has 0 amide bonds. The zero-order valence-electron chi connectivity index (χ0n) is 8.18. The van der Waals surface area contributed by atoms with Crippen LogP contribution >= 0.6 is 0 Å². The highest BCUT2D eigenvalue weighted by atomic mass is 19.4. The van der Waals surface area contributed by atoms with Crippen LogP contribution in [0.1, 0.15) is 27.2 Å². The lowest BCUT2D eigenvalue weighted by Crippen LogP contribution is -2.37. The molecule has 0 radical (unpaired) electrons. The molecule has 0 saturated carbocycles. The largest absolute Gasteiger partial charge is 0.490 e. The van der Waals surface area contributed by atoms with Gasteiger partial charge in [0.25, 0.3) is 0 Å². The van der Waals surface area contributed by atoms with E-state index in [1.54, 1.807) is 0 Å². The van der Waals surface area contributed by atoms with Gasteiger partial charge < -0.3 is 9.84 Å². The van der Waals surface area contributed by atoms with Crippen molar-refractivity contribution in [3.8, 4) is 0 Å². The topological polar surface area (TPSA) is 46.5 Å². The number of rotatable bonds is 3. The van der Waals surface area contributed by atoms with Gasteiger partial charge in [0, 0.05) is 6.42 Å². The van der Waals surface area contributed by atoms with Crippen molar-refractivity contribution in [2.24, 2.45) is 0 Å². The Morgan fingerprint density at radius 3 is 2.14 bits per heavy atom. The second kappa shape index (κ2) is 4.16. The van der Waals surface area contributed by atoms with Crippen LogP contribution in [-0.2, 0) is 9.53 Å². The minimum absolute atomic E-state index is 0.0468. The van der Waals surface area contributed by atoms with E-state index in [1.165, 1.54) is 20.8 Å². The summed E-state index contributed by atoms with van der Waals surface area (Å²) in [5.41, 5.74) is -1.32. The van der Waals surface area contributed by atoms with Crippen LogP contribution in [-0.4, -0.2) is 29.0 Å². The molecule has 14 heavy (non-hydrogen) atoms. The van der Waals surface area contributed by atoms with Gasteiger partial charge in [-0.1, -0.05) is 0 Å². The molecule has 0 aliphatic heterocycles. The van der Waals surface area contributed by atoms with E-state index in [9.17, 15) is 18.0 Å². The zero-order valence-corrected chi connectivity index (χ0v) is 8.18. The summed E-state index contributed by atoms with van der Waals surface area (Å²) in [5, 5.41) is 8.93. The van der Waals surface area contributed by atoms with Gasteiger partial charge in [-0.05, 0) is 20.8 Å². The lowest BCUT2D eigenvalue weighted by molar-refractivity contribution is -0.213. The lowest BCUT2D eigenvalue weighted by atomic mass is 10.0. The Labute approximate surface area is 79.9 Å². The number of carbonyl (C=O) groups excluding carboxylic acids is 1. The molecule has 1 atom stereocenters. The molecule has 0 aliphatic rings. The van der Waals surface area contributed by atoms with Crippen LogP contribution in [0.2, 0.25) is 0 Å². The van der Waals surface area contributed by atoms with Crippen molar-refractivity contribution < 1.29 is 27.8 Å². The van der Waals surface area contributed by atoms with Gasteiger partial charge in [0.1, 0.15) is 5.60 Å². The fourth-order valence-corrected chi connectivity index (χ4v) is 1.06. The third kappa shape index (κ3) is 5.06. The van der Waals surface area contributed by atoms with Crippen molar-refractivity contribution >= 4 is 5.97 Å². The number of aliphatic hydroxyl groups excluding tert-OH is 1. The van der Waals surface area contributed by atoms with E-state index in [0.717, 1.165) is 0 Å². The molecule has 0 bridgehead atoms. The van der Waals surface area contributed by atoms with Crippen molar-refractivity contribution in [2.45, 2.75) is 45.1 Å². The van der Waals surface area contributed by atoms with Crippen molar-refractivity contribution in [1.82, 2.24) is 0 Å². The van der Waals surface area contributed by atoms with E-state index < -0.39 is 23.9 Å². The van der Waals surface area contributed by atoms with Crippen LogP contribution in [0.3, 0.4) is 0 Å². The molecule has 0 aromatic rings. The normalized spacial score (nSPS) is 15.1. The highest BCUT2D eigenvalue weighted by Crippen LogP contribution is 2.23. The molecule has 1 N–H and O–H groups in total. The Morgan fingerprint density at radius 1 is 1.43 bits per heavy atom. The van der Waals surface area contributed by atoms with Gasteiger partial charge >= 0.3 is 12.1 Å². The quantitative estimate of drug-likeness (QED) is 0.726. The number of ether oxygens (including phenoxy) is 1. The summed E-state index contributed by atoms with van der Waals surface area (Å²) >= 11 is 0. The van der Waals surface area contributed by atoms with Crippen LogP contribution in [0, 0.1) is 0 Å². The molecular weight excluding hydrogens is 201 g/mol. The first-order valence-corrected chi connectivity index (χ1v) is 4.03. The van der Waals surface area contributed by atoms with Gasteiger partial charge in [0.2, 0.25) is 0 Å². The minimum Gasteiger partial charge on any atom is -0.453 e. The third-order valence-electron chi connectivity index (χ3n) is 1.39. The number of carbonyl (C=O) groups is 1. The highest BCUT2D eigenvalue weighted by Gasteiger charge is 2.44. The Hall–Kier alpha value is -0.780. The third-order valence-corrected chi connectivity index (χ3v) is 1.39. The summed E-state index contributed by atoms with van der Waals surface area (Å²) in [4.78, 5) is 10.4. The predicted octanol–water partition coefficient (Wildman–Crippen LogP) is 1.64. The van der Waals surface area contributed by atoms with Gasteiger partial charge in [0.15, 0.2) is 0 Å². The van der Waals surface area contributed by atoms with E-state index in [-0.39, 0.29) is 6.42 Å². The highest BCUT2D eigenvalue weighted by molar-refractivity contribution is 5.76. The molecular formula is C8H13F3O3. The molecule has 3 nitrogen and oxygen atoms in total. The van der Waals surface area contributed by atoms with Crippen LogP contribution in [0.4, 0.5) is 13.2 Å². The smallest absolute Gasteiger partial charge is 0.453 e. The van der Waals surface area contributed by atoms with Gasteiger partial charge in [-0.25, -0.2) is 4.79 Å². The average molecular weight is 214 g/mol. The number of aliphatic hydroxyl groups is 1. The lowest BCUT2D eigenvalue weighted by Gasteiger charge is -2.26. The molecule has 0 aliphatic carbocycles. The van der Waals surface area contributed by atoms with Crippen LogP contribution < -0.4 is 0 Å². The Balaban J connectivity index is 4.30. The van der Waals surface area contributed by atoms with Crippen LogP contribution in [0.25, 0.3) is 0 Å². The van der Waals surface area contributed by atoms with Crippen LogP contribution in [0.5, 0.6) is 0 Å². The molecule has 1 unspecified atom stereocenters. The Morgan fingerprint density at radius 2 is 1.86 bits per heavy atom. The van der Waals surface area contributed by atoms with E-state index in [4.69, 9.17) is 5.11 Å². The Kier molecular flexibility index (Phi) is 3.93. The molecule has 0 rings (SSSR count). The summed E-state index contributed by atoms with van der Waals surface area (Å²) in [7, 11) is 0. The maximum atomic E-state index is 11.8. The standard InChI is InChI=1S/C8H13F3O3/c1-5(12)4-7(2,3)14-6(13)8(9,10)11/h5,12H,4H2,1-3H3. The SMILES string of the molecule is CC(O)CC(C)(C)OC(=O)C(F)(F)F. The first-order chi connectivity index (χ1) is 6.04. The van der Waals surface area contributed by atoms with Crippen molar-refractivity contribution in [2.75, 3.05) is 0 Å². The summed E-state index contributed by atoms with van der Waals surface area (Å²) in [6.45, 7) is 4.02. The number of hydrogen-bond donors (Lipinski definition) is 1. The van der Waals surface area contributed by atoms with Gasteiger partial charge in [-0.3, -0.25) is 0 Å². The molecule has 0 aromatic heterocycles. The zero-order chi connectivity index (χ0) is 11.6. The average Bonchev–Trinajstić information content (AvgIpc) is 1.79. The molecule has 0 fully saturated rings. The van der Waals surface area contributed by atoms with E-state index in [1.807, 2.05) is 0 Å². The molecule has 0 saturated heterocycles. The molecule has 84 valence electrons. The molecule has 6 heteroatoms. The first-order valence-electron chi connectivity index (χ1n) is 4.03. The molecule has 0 spiro atoms. The number of alkyl halides is 3. The second-order valence-electron chi connectivity index (χ2n) is 3.70. The summed E-state index contributed by atoms with van der Waals surface area (Å²) in [5.74, 6) is -2.23.